The highest BCUT2D eigenvalue weighted by molar-refractivity contribution is 7.75. The molecular formula is C4H9F3O3SSi. The maximum Gasteiger partial charge on any atom is 0.616 e. The largest absolute Gasteiger partial charge is 0.616 e. The van der Waals surface area contributed by atoms with E-state index in [1.54, 1.807) is 0 Å². The first-order chi connectivity index (χ1) is 5.45. The predicted octanol–water partition coefficient (Wildman–Crippen LogP) is 1.47. The van der Waals surface area contributed by atoms with Crippen LogP contribution < -0.4 is 0 Å². The minimum Gasteiger partial charge on any atom is -0.272 e. The van der Waals surface area contributed by atoms with Gasteiger partial charge in [-0.3, -0.25) is 8.37 Å². The summed E-state index contributed by atoms with van der Waals surface area (Å²) in [5.74, 6) is 0. The van der Waals surface area contributed by atoms with Crippen LogP contribution in [0.5, 0.6) is 0 Å². The van der Waals surface area contributed by atoms with E-state index in [1.165, 1.54) is 0 Å². The van der Waals surface area contributed by atoms with Crippen molar-refractivity contribution in [3.05, 3.63) is 0 Å². The molecule has 0 N–H and O–H groups in total. The lowest BCUT2D eigenvalue weighted by Gasteiger charge is -2.01. The average molecular weight is 222 g/mol. The summed E-state index contributed by atoms with van der Waals surface area (Å²) in [6.07, 6.45) is -0.148. The van der Waals surface area contributed by atoms with Gasteiger partial charge in [-0.25, -0.2) is 12.3 Å². The molecule has 0 amide bonds. The lowest BCUT2D eigenvalue weighted by Crippen LogP contribution is -2.15. The molecule has 74 valence electrons. The molecule has 0 radical (unpaired) electrons. The molecule has 8 heteroatoms. The Morgan fingerprint density at radius 3 is 2.42 bits per heavy atom. The molecule has 0 heterocycles. The van der Waals surface area contributed by atoms with Crippen molar-refractivity contribution in [3.8, 4) is 0 Å². The Balaban J connectivity index is 3.28. The fourth-order valence-electron chi connectivity index (χ4n) is 0.448. The van der Waals surface area contributed by atoms with Gasteiger partial charge < -0.3 is 0 Å². The zero-order valence-corrected chi connectivity index (χ0v) is 8.20. The fraction of sp³-hybridized carbons (Fsp3) is 1.00. The van der Waals surface area contributed by atoms with Crippen molar-refractivity contribution in [1.82, 2.24) is 0 Å². The summed E-state index contributed by atoms with van der Waals surface area (Å²) in [6.45, 7) is -0.188. The van der Waals surface area contributed by atoms with Crippen LogP contribution in [-0.2, 0) is 19.7 Å². The predicted molar refractivity (Wildman–Crippen MR) is 39.6 cm³/mol. The monoisotopic (exact) mass is 222 g/mol. The van der Waals surface area contributed by atoms with Crippen molar-refractivity contribution >= 4 is 20.4 Å². The topological polar surface area (TPSA) is 35.5 Å². The van der Waals surface area contributed by atoms with E-state index < -0.39 is 26.5 Å². The van der Waals surface area contributed by atoms with Gasteiger partial charge in [-0.05, 0) is 6.42 Å². The van der Waals surface area contributed by atoms with E-state index in [0.29, 0.717) is 0 Å². The summed E-state index contributed by atoms with van der Waals surface area (Å²) >= 11 is -1.91. The molecule has 0 spiro atoms. The minimum absolute atomic E-state index is 0.148. The van der Waals surface area contributed by atoms with Crippen LogP contribution in [0, 0.1) is 0 Å². The third-order valence-electron chi connectivity index (χ3n) is 0.920. The standard InChI is InChI=1S/C4H9F3O3SSi/c1-9-11(8)10-3-2-4-12(5,6)7/h2-4H2,1H3. The number of rotatable bonds is 6. The molecule has 0 aliphatic carbocycles. The first kappa shape index (κ1) is 12.1. The van der Waals surface area contributed by atoms with Gasteiger partial charge in [0.2, 0.25) is 0 Å². The van der Waals surface area contributed by atoms with Crippen LogP contribution in [0.25, 0.3) is 0 Å². The van der Waals surface area contributed by atoms with Crippen LogP contribution in [0.4, 0.5) is 12.3 Å². The number of halogens is 3. The molecule has 0 aromatic carbocycles. The van der Waals surface area contributed by atoms with Crippen molar-refractivity contribution in [2.45, 2.75) is 12.5 Å². The van der Waals surface area contributed by atoms with E-state index in [2.05, 4.69) is 8.37 Å². The van der Waals surface area contributed by atoms with Crippen molar-refractivity contribution in [1.29, 1.82) is 0 Å². The van der Waals surface area contributed by atoms with Crippen molar-refractivity contribution in [3.63, 3.8) is 0 Å². The van der Waals surface area contributed by atoms with Crippen molar-refractivity contribution < 1.29 is 24.9 Å². The van der Waals surface area contributed by atoms with Gasteiger partial charge in [0.1, 0.15) is 0 Å². The highest BCUT2D eigenvalue weighted by atomic mass is 32.2. The first-order valence-corrected chi connectivity index (χ1v) is 5.96. The molecule has 0 saturated heterocycles. The molecule has 0 aromatic heterocycles. The Morgan fingerprint density at radius 2 is 2.00 bits per heavy atom. The molecule has 0 rings (SSSR count). The molecule has 1 unspecified atom stereocenters. The van der Waals surface area contributed by atoms with E-state index in [9.17, 15) is 16.5 Å². The maximum absolute atomic E-state index is 11.6. The molecule has 3 nitrogen and oxygen atoms in total. The van der Waals surface area contributed by atoms with Gasteiger partial charge in [-0.1, -0.05) is 0 Å². The molecule has 0 fully saturated rings. The second-order valence-corrected chi connectivity index (χ2v) is 4.62. The Morgan fingerprint density at radius 1 is 1.42 bits per heavy atom. The lowest BCUT2D eigenvalue weighted by atomic mass is 10.5. The van der Waals surface area contributed by atoms with Crippen LogP contribution in [0.3, 0.4) is 0 Å². The highest BCUT2D eigenvalue weighted by Crippen LogP contribution is 2.16. The molecule has 0 saturated carbocycles. The molecule has 0 aromatic rings. The quantitative estimate of drug-likeness (QED) is 0.388. The molecule has 0 bridgehead atoms. The minimum atomic E-state index is -5.46. The molecule has 0 aliphatic rings. The summed E-state index contributed by atoms with van der Waals surface area (Å²) in [5, 5.41) is 0. The summed E-state index contributed by atoms with van der Waals surface area (Å²) in [6, 6.07) is -0.798. The van der Waals surface area contributed by atoms with Gasteiger partial charge in [-0.15, -0.1) is 0 Å². The molecule has 1 atom stereocenters. The van der Waals surface area contributed by atoms with Crippen molar-refractivity contribution in [2.75, 3.05) is 13.7 Å². The lowest BCUT2D eigenvalue weighted by molar-refractivity contribution is 0.278. The Hall–Kier alpha value is 0.0769. The smallest absolute Gasteiger partial charge is 0.272 e. The zero-order chi connectivity index (χ0) is 9.61. The summed E-state index contributed by atoms with van der Waals surface area (Å²) in [7, 11) is -4.31. The average Bonchev–Trinajstić information content (AvgIpc) is 1.96. The SMILES string of the molecule is COS(=O)OCCC[Si](F)(F)F. The third kappa shape index (κ3) is 8.18. The van der Waals surface area contributed by atoms with Crippen LogP contribution in [0.15, 0.2) is 0 Å². The van der Waals surface area contributed by atoms with E-state index in [-0.39, 0.29) is 13.0 Å². The van der Waals surface area contributed by atoms with Gasteiger partial charge in [0.15, 0.2) is 0 Å². The second-order valence-electron chi connectivity index (χ2n) is 1.91. The Labute approximate surface area is 72.3 Å². The Kier molecular flexibility index (Phi) is 5.71. The van der Waals surface area contributed by atoms with E-state index >= 15 is 0 Å². The zero-order valence-electron chi connectivity index (χ0n) is 6.39. The van der Waals surface area contributed by atoms with Gasteiger partial charge in [0, 0.05) is 6.04 Å². The van der Waals surface area contributed by atoms with Crippen LogP contribution >= 0.6 is 0 Å². The summed E-state index contributed by atoms with van der Waals surface area (Å²) in [4.78, 5) is 0. The molecule has 12 heavy (non-hydrogen) atoms. The van der Waals surface area contributed by atoms with Crippen LogP contribution in [0.1, 0.15) is 6.42 Å². The normalized spacial score (nSPS) is 14.7. The van der Waals surface area contributed by atoms with Gasteiger partial charge in [-0.2, -0.15) is 4.21 Å². The fourth-order valence-corrected chi connectivity index (χ4v) is 1.34. The number of hydrogen-bond donors (Lipinski definition) is 0. The van der Waals surface area contributed by atoms with Crippen LogP contribution in [0.2, 0.25) is 6.04 Å². The summed E-state index contributed by atoms with van der Waals surface area (Å²) < 4.78 is 53.8. The van der Waals surface area contributed by atoms with Gasteiger partial charge >= 0.3 is 20.4 Å². The first-order valence-electron chi connectivity index (χ1n) is 3.12. The highest BCUT2D eigenvalue weighted by Gasteiger charge is 2.35. The van der Waals surface area contributed by atoms with Crippen LogP contribution in [-0.4, -0.2) is 27.0 Å². The maximum atomic E-state index is 11.6. The third-order valence-corrected chi connectivity index (χ3v) is 2.47. The van der Waals surface area contributed by atoms with Crippen molar-refractivity contribution in [2.24, 2.45) is 0 Å². The summed E-state index contributed by atoms with van der Waals surface area (Å²) in [5.41, 5.74) is 0. The van der Waals surface area contributed by atoms with Gasteiger partial charge in [0.25, 0.3) is 0 Å². The van der Waals surface area contributed by atoms with E-state index in [0.717, 1.165) is 7.11 Å². The molecule has 0 aliphatic heterocycles. The number of hydrogen-bond acceptors (Lipinski definition) is 3. The van der Waals surface area contributed by atoms with E-state index in [1.807, 2.05) is 0 Å². The van der Waals surface area contributed by atoms with E-state index in [4.69, 9.17) is 0 Å². The second kappa shape index (κ2) is 5.68. The molecular weight excluding hydrogens is 213 g/mol. The van der Waals surface area contributed by atoms with Gasteiger partial charge in [0.05, 0.1) is 13.7 Å². The Bertz CT molecular complexity index is 151.